The van der Waals surface area contributed by atoms with E-state index in [0.717, 1.165) is 49.1 Å². The predicted octanol–water partition coefficient (Wildman–Crippen LogP) is 5.98. The van der Waals surface area contributed by atoms with Crippen molar-refractivity contribution < 1.29 is 4.79 Å². The zero-order valence-electron chi connectivity index (χ0n) is 18.9. The zero-order valence-corrected chi connectivity index (χ0v) is 18.9. The van der Waals surface area contributed by atoms with E-state index in [4.69, 9.17) is 11.1 Å². The number of amides is 1. The second kappa shape index (κ2) is 15.3. The van der Waals surface area contributed by atoms with Crippen LogP contribution in [0.25, 0.3) is 0 Å². The molecule has 0 bridgehead atoms. The van der Waals surface area contributed by atoms with E-state index in [0.29, 0.717) is 5.92 Å². The summed E-state index contributed by atoms with van der Waals surface area (Å²) in [6.07, 6.45) is 8.50. The van der Waals surface area contributed by atoms with Gasteiger partial charge in [-0.05, 0) is 55.9 Å². The fourth-order valence-corrected chi connectivity index (χ4v) is 3.24. The number of rotatable bonds is 5. The smallest absolute Gasteiger partial charge is 0.253 e. The molecule has 1 aromatic rings. The predicted molar refractivity (Wildman–Crippen MR) is 126 cm³/mol. The van der Waals surface area contributed by atoms with E-state index in [2.05, 4.69) is 6.58 Å². The van der Waals surface area contributed by atoms with Crippen LogP contribution in [0.3, 0.4) is 0 Å². The van der Waals surface area contributed by atoms with Crippen molar-refractivity contribution >= 4 is 11.7 Å². The standard InChI is InChI=1S/C21H27N3O.2C2H6/c1-3-16(15-17(4-2)20(22)23)18-11-8-13-24(14-12-18)21(25)19-9-6-5-7-10-19;2*1-2/h3-7,9-10,15,18H,1,8,11-14H2,2H3,(H3,22,23);2*1-2H3/b16-15+,17-4+;;. The number of nitrogens with zero attached hydrogens (tertiary/aromatic N) is 1. The summed E-state index contributed by atoms with van der Waals surface area (Å²) in [6.45, 7) is 15.3. The van der Waals surface area contributed by atoms with Gasteiger partial charge in [0, 0.05) is 24.2 Å². The van der Waals surface area contributed by atoms with Gasteiger partial charge in [0.25, 0.3) is 5.91 Å². The SMILES string of the molecule is C=C/C(=C\C(=C/C)C(=N)N)C1CCCN(C(=O)c2ccccc2)CC1.CC.CC. The molecule has 1 unspecified atom stereocenters. The minimum Gasteiger partial charge on any atom is -0.384 e. The third kappa shape index (κ3) is 8.51. The summed E-state index contributed by atoms with van der Waals surface area (Å²) in [4.78, 5) is 14.6. The number of hydrogen-bond acceptors (Lipinski definition) is 2. The lowest BCUT2D eigenvalue weighted by atomic mass is 9.90. The average molecular weight is 398 g/mol. The van der Waals surface area contributed by atoms with Crippen LogP contribution >= 0.6 is 0 Å². The molecule has 0 saturated carbocycles. The summed E-state index contributed by atoms with van der Waals surface area (Å²) in [7, 11) is 0. The van der Waals surface area contributed by atoms with Crippen LogP contribution in [0.15, 0.2) is 66.3 Å². The Balaban J connectivity index is 0.00000184. The van der Waals surface area contributed by atoms with Gasteiger partial charge in [-0.3, -0.25) is 10.2 Å². The molecular weight excluding hydrogens is 358 g/mol. The molecule has 1 heterocycles. The van der Waals surface area contributed by atoms with Crippen molar-refractivity contribution in [2.24, 2.45) is 11.7 Å². The molecule has 1 aliphatic rings. The first kappa shape index (κ1) is 26.4. The molecule has 1 atom stereocenters. The van der Waals surface area contributed by atoms with E-state index in [1.165, 1.54) is 0 Å². The highest BCUT2D eigenvalue weighted by Gasteiger charge is 2.23. The maximum absolute atomic E-state index is 12.6. The van der Waals surface area contributed by atoms with Gasteiger partial charge >= 0.3 is 0 Å². The number of amidine groups is 1. The van der Waals surface area contributed by atoms with Crippen molar-refractivity contribution in [1.82, 2.24) is 4.90 Å². The Morgan fingerprint density at radius 3 is 2.28 bits per heavy atom. The number of likely N-dealkylation sites (tertiary alicyclic amines) is 1. The van der Waals surface area contributed by atoms with Gasteiger partial charge in [0.1, 0.15) is 5.84 Å². The molecule has 0 aromatic heterocycles. The van der Waals surface area contributed by atoms with E-state index < -0.39 is 0 Å². The molecule has 2 rings (SSSR count). The number of hydrogen-bond donors (Lipinski definition) is 2. The van der Waals surface area contributed by atoms with Crippen LogP contribution in [0.4, 0.5) is 0 Å². The molecule has 1 aromatic carbocycles. The Morgan fingerprint density at radius 2 is 1.76 bits per heavy atom. The zero-order chi connectivity index (χ0) is 22.2. The van der Waals surface area contributed by atoms with Crippen molar-refractivity contribution in [1.29, 1.82) is 5.41 Å². The van der Waals surface area contributed by atoms with Gasteiger partial charge in [0.15, 0.2) is 0 Å². The highest BCUT2D eigenvalue weighted by atomic mass is 16.2. The van der Waals surface area contributed by atoms with Crippen LogP contribution in [0, 0.1) is 11.3 Å². The maximum atomic E-state index is 12.6. The number of nitrogens with two attached hydrogens (primary N) is 1. The Kier molecular flexibility index (Phi) is 13.9. The van der Waals surface area contributed by atoms with E-state index in [-0.39, 0.29) is 11.7 Å². The highest BCUT2D eigenvalue weighted by molar-refractivity contribution is 5.97. The summed E-state index contributed by atoms with van der Waals surface area (Å²) in [5.74, 6) is 0.500. The van der Waals surface area contributed by atoms with Crippen LogP contribution < -0.4 is 5.73 Å². The van der Waals surface area contributed by atoms with Gasteiger partial charge in [-0.2, -0.15) is 0 Å². The van der Waals surface area contributed by atoms with Crippen LogP contribution in [-0.4, -0.2) is 29.7 Å². The molecule has 0 spiro atoms. The molecule has 1 aliphatic heterocycles. The van der Waals surface area contributed by atoms with Gasteiger partial charge in [0.05, 0.1) is 0 Å². The summed E-state index contributed by atoms with van der Waals surface area (Å²) in [6, 6.07) is 9.44. The lowest BCUT2D eigenvalue weighted by Gasteiger charge is -2.21. The number of allylic oxidation sites excluding steroid dienone is 3. The average Bonchev–Trinajstić information content (AvgIpc) is 3.03. The minimum atomic E-state index is 0.0661. The van der Waals surface area contributed by atoms with Crippen LogP contribution in [0.1, 0.15) is 64.2 Å². The highest BCUT2D eigenvalue weighted by Crippen LogP contribution is 2.27. The molecule has 1 amide bonds. The lowest BCUT2D eigenvalue weighted by Crippen LogP contribution is -2.32. The van der Waals surface area contributed by atoms with Crippen molar-refractivity contribution in [2.45, 2.75) is 53.9 Å². The van der Waals surface area contributed by atoms with Crippen molar-refractivity contribution in [2.75, 3.05) is 13.1 Å². The second-order valence-corrected chi connectivity index (χ2v) is 6.29. The first-order valence-electron chi connectivity index (χ1n) is 10.8. The Hall–Kier alpha value is -2.62. The van der Waals surface area contributed by atoms with Crippen LogP contribution in [-0.2, 0) is 0 Å². The largest absolute Gasteiger partial charge is 0.384 e. The van der Waals surface area contributed by atoms with E-state index in [1.54, 1.807) is 0 Å². The summed E-state index contributed by atoms with van der Waals surface area (Å²) in [5, 5.41) is 7.64. The van der Waals surface area contributed by atoms with E-state index in [9.17, 15) is 4.79 Å². The number of carbonyl (C=O) groups excluding carboxylic acids is 1. The maximum Gasteiger partial charge on any atom is 0.253 e. The molecule has 0 radical (unpaired) electrons. The normalized spacial score (nSPS) is 17.0. The number of carbonyl (C=O) groups is 1. The molecule has 0 aliphatic carbocycles. The van der Waals surface area contributed by atoms with Crippen LogP contribution in [0.5, 0.6) is 0 Å². The fraction of sp³-hybridized carbons (Fsp3) is 0.440. The third-order valence-electron chi connectivity index (χ3n) is 4.69. The molecule has 160 valence electrons. The Bertz CT molecular complexity index is 689. The van der Waals surface area contributed by atoms with Gasteiger partial charge in [-0.15, -0.1) is 0 Å². The number of benzene rings is 1. The Labute approximate surface area is 177 Å². The van der Waals surface area contributed by atoms with Gasteiger partial charge in [-0.25, -0.2) is 0 Å². The van der Waals surface area contributed by atoms with Crippen molar-refractivity contribution in [3.8, 4) is 0 Å². The van der Waals surface area contributed by atoms with E-state index in [1.807, 2.05) is 88.1 Å². The summed E-state index contributed by atoms with van der Waals surface area (Å²) >= 11 is 0. The molecule has 3 N–H and O–H groups in total. The van der Waals surface area contributed by atoms with Crippen molar-refractivity contribution in [3.63, 3.8) is 0 Å². The summed E-state index contributed by atoms with van der Waals surface area (Å²) < 4.78 is 0. The molecular formula is C25H39N3O. The minimum absolute atomic E-state index is 0.0661. The number of nitrogens with one attached hydrogen (secondary N) is 1. The first-order valence-corrected chi connectivity index (χ1v) is 10.8. The van der Waals surface area contributed by atoms with Crippen LogP contribution in [0.2, 0.25) is 0 Å². The fourth-order valence-electron chi connectivity index (χ4n) is 3.24. The van der Waals surface area contributed by atoms with Gasteiger partial charge < -0.3 is 10.6 Å². The lowest BCUT2D eigenvalue weighted by molar-refractivity contribution is 0.0760. The molecule has 4 nitrogen and oxygen atoms in total. The van der Waals surface area contributed by atoms with Gasteiger partial charge in [-0.1, -0.05) is 64.6 Å². The molecule has 1 saturated heterocycles. The van der Waals surface area contributed by atoms with Gasteiger partial charge in [0.2, 0.25) is 0 Å². The monoisotopic (exact) mass is 397 g/mol. The molecule has 29 heavy (non-hydrogen) atoms. The molecule has 4 heteroatoms. The summed E-state index contributed by atoms with van der Waals surface area (Å²) in [5.41, 5.74) is 8.18. The van der Waals surface area contributed by atoms with Crippen molar-refractivity contribution in [3.05, 3.63) is 71.8 Å². The first-order chi connectivity index (χ1) is 14.1. The topological polar surface area (TPSA) is 70.2 Å². The molecule has 1 fully saturated rings. The third-order valence-corrected chi connectivity index (χ3v) is 4.69. The Morgan fingerprint density at radius 1 is 1.14 bits per heavy atom. The second-order valence-electron chi connectivity index (χ2n) is 6.29. The van der Waals surface area contributed by atoms with E-state index >= 15 is 0 Å². The quantitative estimate of drug-likeness (QED) is 0.365.